The van der Waals surface area contributed by atoms with Crippen molar-refractivity contribution in [3.05, 3.63) is 0 Å². The number of hydrogen-bond acceptors (Lipinski definition) is 4. The number of nitrogens with zero attached hydrogens (tertiary/aromatic N) is 2. The third kappa shape index (κ3) is 4.37. The highest BCUT2D eigenvalue weighted by Crippen LogP contribution is 2.22. The highest BCUT2D eigenvalue weighted by Gasteiger charge is 2.39. The molecule has 0 bridgehead atoms. The van der Waals surface area contributed by atoms with Crippen molar-refractivity contribution < 1.29 is 19.4 Å². The highest BCUT2D eigenvalue weighted by atomic mass is 16.6. The monoisotopic (exact) mass is 286 g/mol. The molecule has 6 nitrogen and oxygen atoms in total. The van der Waals surface area contributed by atoms with Crippen LogP contribution >= 0.6 is 0 Å². The Morgan fingerprint density at radius 3 is 2.05 bits per heavy atom. The number of hydrogen-bond donors (Lipinski definition) is 1. The lowest BCUT2D eigenvalue weighted by molar-refractivity contribution is -0.154. The van der Waals surface area contributed by atoms with Gasteiger partial charge in [0.2, 0.25) is 0 Å². The number of carboxylic acids is 1. The third-order valence-electron chi connectivity index (χ3n) is 3.12. The molecule has 0 aromatic heterocycles. The van der Waals surface area contributed by atoms with Crippen molar-refractivity contribution in [2.24, 2.45) is 5.92 Å². The summed E-state index contributed by atoms with van der Waals surface area (Å²) in [6.45, 7) is 10.3. The van der Waals surface area contributed by atoms with Crippen molar-refractivity contribution in [1.82, 2.24) is 10.0 Å². The first-order valence-corrected chi connectivity index (χ1v) is 7.13. The zero-order valence-corrected chi connectivity index (χ0v) is 13.0. The number of amides is 1. The Hall–Kier alpha value is -1.30. The summed E-state index contributed by atoms with van der Waals surface area (Å²) in [6.07, 6.45) is 1.34. The van der Waals surface area contributed by atoms with E-state index in [0.29, 0.717) is 13.1 Å². The van der Waals surface area contributed by atoms with Gasteiger partial charge in [-0.2, -0.15) is 0 Å². The summed E-state index contributed by atoms with van der Waals surface area (Å²) in [7, 11) is 0. The van der Waals surface area contributed by atoms with Crippen LogP contribution in [0.25, 0.3) is 0 Å². The van der Waals surface area contributed by atoms with E-state index in [2.05, 4.69) is 0 Å². The van der Waals surface area contributed by atoms with Gasteiger partial charge in [0, 0.05) is 13.1 Å². The lowest BCUT2D eigenvalue weighted by Gasteiger charge is -2.38. The Morgan fingerprint density at radius 1 is 1.20 bits per heavy atom. The number of carboxylic acid groups (broad SMARTS) is 1. The molecule has 1 aliphatic rings. The van der Waals surface area contributed by atoms with Gasteiger partial charge in [-0.1, -0.05) is 13.8 Å². The minimum Gasteiger partial charge on any atom is -0.480 e. The van der Waals surface area contributed by atoms with Gasteiger partial charge in [-0.3, -0.25) is 0 Å². The van der Waals surface area contributed by atoms with Crippen LogP contribution in [0.5, 0.6) is 0 Å². The summed E-state index contributed by atoms with van der Waals surface area (Å²) in [4.78, 5) is 23.9. The Labute approximate surface area is 120 Å². The minimum absolute atomic E-state index is 0.194. The molecule has 20 heavy (non-hydrogen) atoms. The molecule has 0 aromatic rings. The van der Waals surface area contributed by atoms with Gasteiger partial charge in [0.25, 0.3) is 0 Å². The molecule has 1 atom stereocenters. The fourth-order valence-electron chi connectivity index (χ4n) is 2.30. The molecule has 1 N–H and O–H groups in total. The Balaban J connectivity index is 3.00. The largest absolute Gasteiger partial charge is 0.480 e. The molecule has 0 saturated carbocycles. The normalized spacial score (nSPS) is 18.1. The summed E-state index contributed by atoms with van der Waals surface area (Å²) in [5.41, 5.74) is -0.644. The van der Waals surface area contributed by atoms with Crippen LogP contribution < -0.4 is 0 Å². The van der Waals surface area contributed by atoms with Gasteiger partial charge >= 0.3 is 12.1 Å². The molecule has 116 valence electrons. The molecule has 0 unspecified atom stereocenters. The van der Waals surface area contributed by atoms with Gasteiger partial charge in [0.1, 0.15) is 5.60 Å². The van der Waals surface area contributed by atoms with Crippen LogP contribution in [0.1, 0.15) is 47.5 Å². The predicted molar refractivity (Wildman–Crippen MR) is 75.1 cm³/mol. The number of carbonyl (C=O) groups is 2. The smallest absolute Gasteiger partial charge is 0.425 e. The Kier molecular flexibility index (Phi) is 5.39. The number of hydrazine groups is 1. The molecule has 1 fully saturated rings. The van der Waals surface area contributed by atoms with Crippen molar-refractivity contribution in [3.8, 4) is 0 Å². The standard InChI is InChI=1S/C14H26N2O4/c1-10(2)11(12(17)18)16(15-8-6-7-9-15)13(19)20-14(3,4)5/h10-11H,6-9H2,1-5H3,(H,17,18)/t11-/m0/s1. The molecular weight excluding hydrogens is 260 g/mol. The summed E-state index contributed by atoms with van der Waals surface area (Å²) in [5, 5.41) is 12.5. The molecule has 1 rings (SSSR count). The molecule has 1 aliphatic heterocycles. The molecule has 0 spiro atoms. The quantitative estimate of drug-likeness (QED) is 0.859. The molecule has 0 aliphatic carbocycles. The first-order valence-electron chi connectivity index (χ1n) is 7.13. The topological polar surface area (TPSA) is 70.1 Å². The van der Waals surface area contributed by atoms with Crippen LogP contribution in [-0.2, 0) is 9.53 Å². The van der Waals surface area contributed by atoms with Crippen molar-refractivity contribution in [2.45, 2.75) is 59.1 Å². The average molecular weight is 286 g/mol. The molecule has 1 saturated heterocycles. The maximum Gasteiger partial charge on any atom is 0.425 e. The van der Waals surface area contributed by atoms with E-state index in [1.165, 1.54) is 5.01 Å². The van der Waals surface area contributed by atoms with Gasteiger partial charge in [-0.25, -0.2) is 19.6 Å². The van der Waals surface area contributed by atoms with E-state index in [1.54, 1.807) is 39.6 Å². The molecule has 0 radical (unpaired) electrons. The second-order valence-corrected chi connectivity index (χ2v) is 6.51. The van der Waals surface area contributed by atoms with E-state index in [-0.39, 0.29) is 5.92 Å². The third-order valence-corrected chi connectivity index (χ3v) is 3.12. The second kappa shape index (κ2) is 6.43. The average Bonchev–Trinajstić information content (AvgIpc) is 2.74. The Bertz CT molecular complexity index is 357. The van der Waals surface area contributed by atoms with Crippen molar-refractivity contribution in [2.75, 3.05) is 13.1 Å². The molecule has 0 aromatic carbocycles. The van der Waals surface area contributed by atoms with Crippen molar-refractivity contribution >= 4 is 12.1 Å². The number of ether oxygens (including phenoxy) is 1. The van der Waals surface area contributed by atoms with Crippen molar-refractivity contribution in [1.29, 1.82) is 0 Å². The van der Waals surface area contributed by atoms with Crippen LogP contribution in [0.15, 0.2) is 0 Å². The summed E-state index contributed by atoms with van der Waals surface area (Å²) in [5.74, 6) is -1.20. The predicted octanol–water partition coefficient (Wildman–Crippen LogP) is 2.34. The fourth-order valence-corrected chi connectivity index (χ4v) is 2.30. The minimum atomic E-state index is -1.00. The van der Waals surface area contributed by atoms with E-state index in [0.717, 1.165) is 12.8 Å². The summed E-state index contributed by atoms with van der Waals surface area (Å²) < 4.78 is 5.38. The van der Waals surface area contributed by atoms with E-state index >= 15 is 0 Å². The fraction of sp³-hybridized carbons (Fsp3) is 0.857. The van der Waals surface area contributed by atoms with Crippen LogP contribution in [0, 0.1) is 5.92 Å². The lowest BCUT2D eigenvalue weighted by atomic mass is 10.0. The first kappa shape index (κ1) is 16.8. The number of carbonyl (C=O) groups excluding carboxylic acids is 1. The van der Waals surface area contributed by atoms with Gasteiger partial charge in [-0.05, 0) is 39.5 Å². The molecule has 6 heteroatoms. The van der Waals surface area contributed by atoms with E-state index in [4.69, 9.17) is 4.74 Å². The van der Waals surface area contributed by atoms with Gasteiger partial charge < -0.3 is 9.84 Å². The van der Waals surface area contributed by atoms with Crippen molar-refractivity contribution in [3.63, 3.8) is 0 Å². The SMILES string of the molecule is CC(C)[C@@H](C(=O)O)N(C(=O)OC(C)(C)C)N1CCCC1. The summed E-state index contributed by atoms with van der Waals surface area (Å²) in [6, 6.07) is -0.900. The van der Waals surface area contributed by atoms with Gasteiger partial charge in [0.15, 0.2) is 6.04 Å². The maximum absolute atomic E-state index is 12.4. The maximum atomic E-state index is 12.4. The molecular formula is C14H26N2O4. The van der Waals surface area contributed by atoms with Crippen LogP contribution in [-0.4, -0.2) is 51.9 Å². The van der Waals surface area contributed by atoms with Gasteiger partial charge in [-0.15, -0.1) is 0 Å². The van der Waals surface area contributed by atoms with Crippen LogP contribution in [0.4, 0.5) is 4.79 Å². The second-order valence-electron chi connectivity index (χ2n) is 6.51. The van der Waals surface area contributed by atoms with E-state index in [1.807, 2.05) is 0 Å². The Morgan fingerprint density at radius 2 is 1.70 bits per heavy atom. The van der Waals surface area contributed by atoms with Crippen LogP contribution in [0.3, 0.4) is 0 Å². The molecule has 1 heterocycles. The molecule has 1 amide bonds. The first-order chi connectivity index (χ1) is 9.13. The number of aliphatic carboxylic acids is 1. The van der Waals surface area contributed by atoms with Crippen LogP contribution in [0.2, 0.25) is 0 Å². The van der Waals surface area contributed by atoms with Gasteiger partial charge in [0.05, 0.1) is 0 Å². The zero-order valence-electron chi connectivity index (χ0n) is 13.0. The lowest BCUT2D eigenvalue weighted by Crippen LogP contribution is -2.57. The van der Waals surface area contributed by atoms with E-state index < -0.39 is 23.7 Å². The zero-order chi connectivity index (χ0) is 15.5. The highest BCUT2D eigenvalue weighted by molar-refractivity contribution is 5.80. The summed E-state index contributed by atoms with van der Waals surface area (Å²) >= 11 is 0. The van der Waals surface area contributed by atoms with E-state index in [9.17, 15) is 14.7 Å². The number of rotatable bonds is 4.